The summed E-state index contributed by atoms with van der Waals surface area (Å²) in [5, 5.41) is 0. The molecule has 0 saturated heterocycles. The van der Waals surface area contributed by atoms with Gasteiger partial charge in [-0.05, 0) is 29.8 Å². The largest absolute Gasteiger partial charge is 0.497 e. The quantitative estimate of drug-likeness (QED) is 0.562. The van der Waals surface area contributed by atoms with Gasteiger partial charge in [-0.2, -0.15) is 0 Å². The average Bonchev–Trinajstić information content (AvgIpc) is 2.67. The molecule has 5 nitrogen and oxygen atoms in total. The van der Waals surface area contributed by atoms with Crippen LogP contribution < -0.4 is 9.64 Å². The number of amides is 1. The smallest absolute Gasteiger partial charge is 0.329 e. The summed E-state index contributed by atoms with van der Waals surface area (Å²) in [6.07, 6.45) is 0.322. The summed E-state index contributed by atoms with van der Waals surface area (Å²) in [6, 6.07) is 15.5. The lowest BCUT2D eigenvalue weighted by atomic mass is 10.0. The lowest BCUT2D eigenvalue weighted by molar-refractivity contribution is -0.143. The normalized spacial score (nSPS) is 11.5. The highest BCUT2D eigenvalue weighted by Gasteiger charge is 2.31. The van der Waals surface area contributed by atoms with Crippen LogP contribution in [0.25, 0.3) is 0 Å². The van der Waals surface area contributed by atoms with Gasteiger partial charge < -0.3 is 9.47 Å². The van der Waals surface area contributed by atoms with Crippen LogP contribution in [0, 0.1) is 0 Å². The Morgan fingerprint density at radius 3 is 2.20 bits per heavy atom. The van der Waals surface area contributed by atoms with E-state index in [2.05, 4.69) is 0 Å². The van der Waals surface area contributed by atoms with E-state index in [1.807, 2.05) is 30.3 Å². The molecule has 1 unspecified atom stereocenters. The van der Waals surface area contributed by atoms with E-state index in [-0.39, 0.29) is 11.8 Å². The number of nitrogens with zero attached hydrogens (tertiary/aromatic N) is 1. The third-order valence-corrected chi connectivity index (χ3v) is 4.02. The minimum atomic E-state index is -0.813. The molecule has 0 aliphatic rings. The summed E-state index contributed by atoms with van der Waals surface area (Å²) in [5.74, 6) is -0.468. The van der Waals surface area contributed by atoms with Crippen molar-refractivity contribution in [1.82, 2.24) is 0 Å². The fourth-order valence-corrected chi connectivity index (χ4v) is 2.69. The Morgan fingerprint density at radius 1 is 1.04 bits per heavy atom. The SMILES string of the molecule is COC(=O)C(Cc1ccccc1)N(C(=O)CCl)c1ccc(OC)cc1. The highest BCUT2D eigenvalue weighted by Crippen LogP contribution is 2.24. The van der Waals surface area contributed by atoms with Gasteiger partial charge in [0.15, 0.2) is 0 Å². The van der Waals surface area contributed by atoms with Gasteiger partial charge in [-0.1, -0.05) is 30.3 Å². The van der Waals surface area contributed by atoms with Crippen molar-refractivity contribution in [2.75, 3.05) is 25.0 Å². The van der Waals surface area contributed by atoms with Gasteiger partial charge in [0.2, 0.25) is 5.91 Å². The summed E-state index contributed by atoms with van der Waals surface area (Å²) in [4.78, 5) is 26.2. The van der Waals surface area contributed by atoms with Gasteiger partial charge in [0, 0.05) is 12.1 Å². The van der Waals surface area contributed by atoms with Gasteiger partial charge in [-0.3, -0.25) is 9.69 Å². The van der Waals surface area contributed by atoms with Crippen LogP contribution in [-0.4, -0.2) is 38.0 Å². The molecule has 1 atom stereocenters. The first-order chi connectivity index (χ1) is 12.1. The zero-order valence-corrected chi connectivity index (χ0v) is 14.9. The van der Waals surface area contributed by atoms with Gasteiger partial charge in [0.25, 0.3) is 0 Å². The number of carbonyl (C=O) groups excluding carboxylic acids is 2. The zero-order chi connectivity index (χ0) is 18.2. The number of hydrogen-bond acceptors (Lipinski definition) is 4. The molecule has 1 amide bonds. The highest BCUT2D eigenvalue weighted by molar-refractivity contribution is 6.29. The van der Waals surface area contributed by atoms with Crippen LogP contribution in [0.2, 0.25) is 0 Å². The predicted octanol–water partition coefficient (Wildman–Crippen LogP) is 3.05. The van der Waals surface area contributed by atoms with Gasteiger partial charge in [-0.25, -0.2) is 4.79 Å². The second kappa shape index (κ2) is 9.08. The maximum Gasteiger partial charge on any atom is 0.329 e. The Labute approximate surface area is 152 Å². The molecule has 0 radical (unpaired) electrons. The second-order valence-corrected chi connectivity index (χ2v) is 5.59. The molecule has 0 fully saturated rings. The molecule has 0 aliphatic carbocycles. The molecule has 132 valence electrons. The van der Waals surface area contributed by atoms with E-state index in [9.17, 15) is 9.59 Å². The summed E-state index contributed by atoms with van der Waals surface area (Å²) >= 11 is 5.78. The third kappa shape index (κ3) is 4.73. The first-order valence-electron chi connectivity index (χ1n) is 7.74. The number of rotatable bonds is 7. The van der Waals surface area contributed by atoms with Crippen molar-refractivity contribution in [3.05, 3.63) is 60.2 Å². The topological polar surface area (TPSA) is 55.8 Å². The first-order valence-corrected chi connectivity index (χ1v) is 8.28. The lowest BCUT2D eigenvalue weighted by Crippen LogP contribution is -2.48. The lowest BCUT2D eigenvalue weighted by Gasteiger charge is -2.30. The molecule has 0 N–H and O–H groups in total. The number of hydrogen-bond donors (Lipinski definition) is 0. The van der Waals surface area contributed by atoms with Gasteiger partial charge >= 0.3 is 5.97 Å². The van der Waals surface area contributed by atoms with Crippen molar-refractivity contribution in [1.29, 1.82) is 0 Å². The fourth-order valence-electron chi connectivity index (χ4n) is 2.56. The van der Waals surface area contributed by atoms with E-state index in [4.69, 9.17) is 21.1 Å². The standard InChI is InChI=1S/C19H20ClNO4/c1-24-16-10-8-15(9-11-16)21(18(22)13-20)17(19(23)25-2)12-14-6-4-3-5-7-14/h3-11,17H,12-13H2,1-2H3. The van der Waals surface area contributed by atoms with Crippen LogP contribution in [-0.2, 0) is 20.7 Å². The fraction of sp³-hybridized carbons (Fsp3) is 0.263. The van der Waals surface area contributed by atoms with E-state index < -0.39 is 12.0 Å². The molecule has 2 rings (SSSR count). The summed E-state index contributed by atoms with van der Waals surface area (Å²) in [6.45, 7) is 0. The Bertz CT molecular complexity index is 703. The molecule has 0 aromatic heterocycles. The predicted molar refractivity (Wildman–Crippen MR) is 97.2 cm³/mol. The highest BCUT2D eigenvalue weighted by atomic mass is 35.5. The van der Waals surface area contributed by atoms with Gasteiger partial charge in [0.1, 0.15) is 17.7 Å². The summed E-state index contributed by atoms with van der Waals surface area (Å²) in [5.41, 5.74) is 1.47. The first kappa shape index (κ1) is 18.8. The van der Waals surface area contributed by atoms with Crippen molar-refractivity contribution in [3.63, 3.8) is 0 Å². The van der Waals surface area contributed by atoms with Crippen molar-refractivity contribution >= 4 is 29.2 Å². The minimum absolute atomic E-state index is 0.242. The van der Waals surface area contributed by atoms with Crippen molar-refractivity contribution in [2.45, 2.75) is 12.5 Å². The maximum atomic E-state index is 12.5. The molecule has 0 saturated carbocycles. The number of anilines is 1. The molecule has 0 aliphatic heterocycles. The molecule has 0 spiro atoms. The van der Waals surface area contributed by atoms with E-state index in [0.29, 0.717) is 17.9 Å². The molecular weight excluding hydrogens is 342 g/mol. The molecule has 25 heavy (non-hydrogen) atoms. The van der Waals surface area contributed by atoms with Crippen LogP contribution in [0.4, 0.5) is 5.69 Å². The Morgan fingerprint density at radius 2 is 1.68 bits per heavy atom. The minimum Gasteiger partial charge on any atom is -0.497 e. The molecular formula is C19H20ClNO4. The zero-order valence-electron chi connectivity index (χ0n) is 14.1. The third-order valence-electron chi connectivity index (χ3n) is 3.79. The Balaban J connectivity index is 2.41. The summed E-state index contributed by atoms with van der Waals surface area (Å²) < 4.78 is 10.1. The van der Waals surface area contributed by atoms with Crippen LogP contribution >= 0.6 is 11.6 Å². The number of methoxy groups -OCH3 is 2. The molecule has 0 bridgehead atoms. The van der Waals surface area contributed by atoms with E-state index in [0.717, 1.165) is 5.56 Å². The maximum absolute atomic E-state index is 12.5. The van der Waals surface area contributed by atoms with Crippen LogP contribution in [0.5, 0.6) is 5.75 Å². The van der Waals surface area contributed by atoms with E-state index >= 15 is 0 Å². The van der Waals surface area contributed by atoms with Crippen molar-refractivity contribution in [3.8, 4) is 5.75 Å². The number of benzene rings is 2. The van der Waals surface area contributed by atoms with Crippen LogP contribution in [0.15, 0.2) is 54.6 Å². The Hall–Kier alpha value is -2.53. The van der Waals surface area contributed by atoms with E-state index in [1.54, 1.807) is 31.4 Å². The average molecular weight is 362 g/mol. The number of carbonyl (C=O) groups is 2. The van der Waals surface area contributed by atoms with E-state index in [1.165, 1.54) is 12.0 Å². The van der Waals surface area contributed by atoms with Crippen LogP contribution in [0.1, 0.15) is 5.56 Å². The van der Waals surface area contributed by atoms with Crippen molar-refractivity contribution < 1.29 is 19.1 Å². The Kier molecular flexibility index (Phi) is 6.83. The number of alkyl halides is 1. The molecule has 0 heterocycles. The number of halogens is 1. The molecule has 6 heteroatoms. The summed E-state index contributed by atoms with van der Waals surface area (Å²) in [7, 11) is 2.86. The van der Waals surface area contributed by atoms with Crippen LogP contribution in [0.3, 0.4) is 0 Å². The number of ether oxygens (including phenoxy) is 2. The van der Waals surface area contributed by atoms with Gasteiger partial charge in [0.05, 0.1) is 14.2 Å². The molecule has 2 aromatic rings. The molecule has 2 aromatic carbocycles. The monoisotopic (exact) mass is 361 g/mol. The number of esters is 1. The van der Waals surface area contributed by atoms with Gasteiger partial charge in [-0.15, -0.1) is 11.6 Å². The van der Waals surface area contributed by atoms with Crippen molar-refractivity contribution in [2.24, 2.45) is 0 Å². The second-order valence-electron chi connectivity index (χ2n) is 5.32.